The van der Waals surface area contributed by atoms with E-state index in [1.54, 1.807) is 7.11 Å². The predicted octanol–water partition coefficient (Wildman–Crippen LogP) is 3.24. The molecule has 8 heteroatoms. The van der Waals surface area contributed by atoms with Gasteiger partial charge in [0.2, 0.25) is 5.95 Å². The van der Waals surface area contributed by atoms with Crippen LogP contribution in [-0.4, -0.2) is 53.0 Å². The Bertz CT molecular complexity index is 984. The first-order valence-corrected chi connectivity index (χ1v) is 10.2. The van der Waals surface area contributed by atoms with Gasteiger partial charge in [-0.05, 0) is 44.0 Å². The highest BCUT2D eigenvalue weighted by molar-refractivity contribution is 5.83. The molecule has 1 atom stereocenters. The molecule has 1 aromatic carbocycles. The van der Waals surface area contributed by atoms with Crippen LogP contribution in [0.3, 0.4) is 0 Å². The summed E-state index contributed by atoms with van der Waals surface area (Å²) in [7, 11) is 1.65. The number of aromatic nitrogens is 4. The van der Waals surface area contributed by atoms with Crippen molar-refractivity contribution >= 4 is 28.4 Å². The highest BCUT2D eigenvalue weighted by Crippen LogP contribution is 2.31. The second-order valence-corrected chi connectivity index (χ2v) is 7.89. The first-order valence-electron chi connectivity index (χ1n) is 10.2. The molecule has 3 heterocycles. The van der Waals surface area contributed by atoms with E-state index in [1.165, 1.54) is 0 Å². The third kappa shape index (κ3) is 4.12. The molecule has 29 heavy (non-hydrogen) atoms. The molecular weight excluding hydrogens is 366 g/mol. The molecule has 3 aromatic rings. The molecule has 3 N–H and O–H groups in total. The van der Waals surface area contributed by atoms with E-state index in [1.807, 2.05) is 31.3 Å². The molecule has 4 rings (SSSR count). The van der Waals surface area contributed by atoms with Gasteiger partial charge in [0.15, 0.2) is 11.6 Å². The molecule has 0 spiro atoms. The number of fused-ring (bicyclic) bond motifs is 1. The summed E-state index contributed by atoms with van der Waals surface area (Å²) >= 11 is 0. The number of methoxy groups -OCH3 is 1. The summed E-state index contributed by atoms with van der Waals surface area (Å²) in [4.78, 5) is 11.9. The smallest absolute Gasteiger partial charge is 0.227 e. The molecule has 1 saturated heterocycles. The van der Waals surface area contributed by atoms with Crippen molar-refractivity contribution in [1.82, 2.24) is 25.5 Å². The van der Waals surface area contributed by atoms with Crippen LogP contribution in [0.2, 0.25) is 0 Å². The van der Waals surface area contributed by atoms with Crippen LogP contribution < -0.4 is 20.3 Å². The second kappa shape index (κ2) is 8.24. The van der Waals surface area contributed by atoms with E-state index in [9.17, 15) is 0 Å². The molecule has 0 saturated carbocycles. The minimum Gasteiger partial charge on any atom is -0.491 e. The SMILES string of the molecule is COc1c(C)nc(N2CCCNC(C(C)C)C2)nc1Nc1ccc2[nH]ncc2c1. The average molecular weight is 396 g/mol. The first kappa shape index (κ1) is 19.4. The van der Waals surface area contributed by atoms with Gasteiger partial charge in [-0.2, -0.15) is 10.1 Å². The lowest BCUT2D eigenvalue weighted by Crippen LogP contribution is -2.41. The molecule has 1 aliphatic rings. The van der Waals surface area contributed by atoms with Crippen molar-refractivity contribution in [3.05, 3.63) is 30.1 Å². The number of aryl methyl sites for hydroxylation is 1. The number of H-pyrrole nitrogens is 1. The summed E-state index contributed by atoms with van der Waals surface area (Å²) in [6.07, 6.45) is 2.88. The minimum absolute atomic E-state index is 0.420. The van der Waals surface area contributed by atoms with Crippen molar-refractivity contribution in [3.8, 4) is 5.75 Å². The van der Waals surface area contributed by atoms with Gasteiger partial charge in [-0.1, -0.05) is 13.8 Å². The Morgan fingerprint density at radius 1 is 1.28 bits per heavy atom. The Kier molecular flexibility index (Phi) is 5.53. The quantitative estimate of drug-likeness (QED) is 0.611. The van der Waals surface area contributed by atoms with E-state index >= 15 is 0 Å². The third-order valence-corrected chi connectivity index (χ3v) is 5.45. The highest BCUT2D eigenvalue weighted by atomic mass is 16.5. The van der Waals surface area contributed by atoms with E-state index in [0.717, 1.165) is 54.3 Å². The number of anilines is 3. The van der Waals surface area contributed by atoms with Crippen LogP contribution in [0.4, 0.5) is 17.5 Å². The predicted molar refractivity (Wildman–Crippen MR) is 116 cm³/mol. The summed E-state index contributed by atoms with van der Waals surface area (Å²) in [5, 5.41) is 15.2. The van der Waals surface area contributed by atoms with Gasteiger partial charge < -0.3 is 20.3 Å². The zero-order valence-corrected chi connectivity index (χ0v) is 17.5. The number of nitrogens with one attached hydrogen (secondary N) is 3. The lowest BCUT2D eigenvalue weighted by Gasteiger charge is -2.27. The first-order chi connectivity index (χ1) is 14.0. The fourth-order valence-electron chi connectivity index (χ4n) is 3.75. The fraction of sp³-hybridized carbons (Fsp3) is 0.476. The Morgan fingerprint density at radius 3 is 2.93 bits per heavy atom. The van der Waals surface area contributed by atoms with E-state index in [0.29, 0.717) is 23.5 Å². The number of nitrogens with zero attached hydrogens (tertiary/aromatic N) is 4. The average Bonchev–Trinajstić information content (AvgIpc) is 3.01. The number of aromatic amines is 1. The molecule has 2 aromatic heterocycles. The minimum atomic E-state index is 0.420. The van der Waals surface area contributed by atoms with Crippen LogP contribution in [0.25, 0.3) is 10.9 Å². The van der Waals surface area contributed by atoms with Crippen LogP contribution in [0, 0.1) is 12.8 Å². The number of rotatable bonds is 5. The molecule has 0 amide bonds. The van der Waals surface area contributed by atoms with Crippen molar-refractivity contribution in [2.24, 2.45) is 5.92 Å². The van der Waals surface area contributed by atoms with Crippen molar-refractivity contribution in [3.63, 3.8) is 0 Å². The second-order valence-electron chi connectivity index (χ2n) is 7.89. The monoisotopic (exact) mass is 395 g/mol. The van der Waals surface area contributed by atoms with Gasteiger partial charge in [-0.25, -0.2) is 4.98 Å². The maximum Gasteiger partial charge on any atom is 0.227 e. The summed E-state index contributed by atoms with van der Waals surface area (Å²) in [5.74, 6) is 2.63. The topological polar surface area (TPSA) is 91.0 Å². The number of hydrogen-bond acceptors (Lipinski definition) is 7. The summed E-state index contributed by atoms with van der Waals surface area (Å²) < 4.78 is 5.61. The van der Waals surface area contributed by atoms with Gasteiger partial charge in [-0.15, -0.1) is 0 Å². The molecule has 154 valence electrons. The number of ether oxygens (including phenoxy) is 1. The van der Waals surface area contributed by atoms with Gasteiger partial charge >= 0.3 is 0 Å². The van der Waals surface area contributed by atoms with Crippen LogP contribution in [0.1, 0.15) is 26.0 Å². The standard InChI is InChI=1S/C21H29N7O/c1-13(2)18-12-28(9-5-8-22-18)21-24-14(3)19(29-4)20(26-21)25-16-6-7-17-15(10-16)11-23-27-17/h6-7,10-11,13,18,22H,5,8-9,12H2,1-4H3,(H,23,27)(H,24,25,26). The molecule has 0 aliphatic carbocycles. The van der Waals surface area contributed by atoms with Gasteiger partial charge in [0.1, 0.15) is 0 Å². The van der Waals surface area contributed by atoms with Crippen molar-refractivity contribution < 1.29 is 4.74 Å². The maximum absolute atomic E-state index is 5.61. The molecule has 0 bridgehead atoms. The maximum atomic E-state index is 5.61. The normalized spacial score (nSPS) is 17.6. The van der Waals surface area contributed by atoms with Gasteiger partial charge in [0.25, 0.3) is 0 Å². The van der Waals surface area contributed by atoms with Gasteiger partial charge in [-0.3, -0.25) is 5.10 Å². The molecule has 1 unspecified atom stereocenters. The summed E-state index contributed by atoms with van der Waals surface area (Å²) in [5.41, 5.74) is 2.75. The Hall–Kier alpha value is -2.87. The van der Waals surface area contributed by atoms with Crippen LogP contribution in [-0.2, 0) is 0 Å². The summed E-state index contributed by atoms with van der Waals surface area (Å²) in [6.45, 7) is 9.31. The van der Waals surface area contributed by atoms with Crippen molar-refractivity contribution in [2.45, 2.75) is 33.2 Å². The lowest BCUT2D eigenvalue weighted by atomic mass is 10.0. The van der Waals surface area contributed by atoms with Crippen LogP contribution in [0.5, 0.6) is 5.75 Å². The lowest BCUT2D eigenvalue weighted by molar-refractivity contribution is 0.408. The van der Waals surface area contributed by atoms with Crippen molar-refractivity contribution in [2.75, 3.05) is 37.0 Å². The van der Waals surface area contributed by atoms with E-state index in [4.69, 9.17) is 14.7 Å². The van der Waals surface area contributed by atoms with E-state index < -0.39 is 0 Å². The zero-order chi connectivity index (χ0) is 20.4. The van der Waals surface area contributed by atoms with Crippen molar-refractivity contribution in [1.29, 1.82) is 0 Å². The molecule has 1 fully saturated rings. The van der Waals surface area contributed by atoms with E-state index in [-0.39, 0.29) is 0 Å². The number of benzene rings is 1. The third-order valence-electron chi connectivity index (χ3n) is 5.45. The summed E-state index contributed by atoms with van der Waals surface area (Å²) in [6, 6.07) is 6.46. The molecule has 8 nitrogen and oxygen atoms in total. The Balaban J connectivity index is 1.66. The molecule has 0 radical (unpaired) electrons. The van der Waals surface area contributed by atoms with Gasteiger partial charge in [0.05, 0.1) is 24.5 Å². The Labute approximate surface area is 171 Å². The highest BCUT2D eigenvalue weighted by Gasteiger charge is 2.24. The zero-order valence-electron chi connectivity index (χ0n) is 17.5. The fourth-order valence-corrected chi connectivity index (χ4v) is 3.75. The van der Waals surface area contributed by atoms with Gasteiger partial charge in [0, 0.05) is 30.2 Å². The van der Waals surface area contributed by atoms with Crippen LogP contribution in [0.15, 0.2) is 24.4 Å². The number of hydrogen-bond donors (Lipinski definition) is 3. The largest absolute Gasteiger partial charge is 0.491 e. The molecule has 1 aliphatic heterocycles. The Morgan fingerprint density at radius 2 is 2.14 bits per heavy atom. The molecular formula is C21H29N7O. The van der Waals surface area contributed by atoms with Crippen LogP contribution >= 0.6 is 0 Å². The van der Waals surface area contributed by atoms with E-state index in [2.05, 4.69) is 39.6 Å².